The molecule has 0 aromatic heterocycles. The number of halogens is 2. The number of ether oxygens (including phenoxy) is 1. The summed E-state index contributed by atoms with van der Waals surface area (Å²) in [5.41, 5.74) is -0.991. The molecule has 3 amide bonds. The van der Waals surface area contributed by atoms with Crippen molar-refractivity contribution in [3.05, 3.63) is 23.0 Å². The molecule has 1 fully saturated rings. The maximum atomic E-state index is 14.2. The summed E-state index contributed by atoms with van der Waals surface area (Å²) in [6.45, 7) is 7.15. The number of hydrogen-bond donors (Lipinski definition) is 1. The summed E-state index contributed by atoms with van der Waals surface area (Å²) >= 11 is 5.94. The van der Waals surface area contributed by atoms with Crippen molar-refractivity contribution in [3.8, 4) is 5.75 Å². The van der Waals surface area contributed by atoms with Crippen molar-refractivity contribution in [2.45, 2.75) is 33.8 Å². The van der Waals surface area contributed by atoms with Gasteiger partial charge >= 0.3 is 6.03 Å². The van der Waals surface area contributed by atoms with E-state index in [1.807, 2.05) is 0 Å². The number of carbonyl (C=O) groups excluding carboxylic acids is 2. The third-order valence-electron chi connectivity index (χ3n) is 3.27. The molecule has 0 unspecified atom stereocenters. The van der Waals surface area contributed by atoms with E-state index in [2.05, 4.69) is 5.32 Å². The zero-order valence-corrected chi connectivity index (χ0v) is 13.6. The van der Waals surface area contributed by atoms with Gasteiger partial charge in [-0.25, -0.2) is 14.1 Å². The normalized spacial score (nSPS) is 17.7. The van der Waals surface area contributed by atoms with Crippen LogP contribution in [0.3, 0.4) is 0 Å². The van der Waals surface area contributed by atoms with Gasteiger partial charge in [0.25, 0.3) is 0 Å². The van der Waals surface area contributed by atoms with Crippen molar-refractivity contribution in [1.29, 1.82) is 0 Å². The van der Waals surface area contributed by atoms with Gasteiger partial charge in [0.15, 0.2) is 0 Å². The third kappa shape index (κ3) is 3.02. The fourth-order valence-corrected chi connectivity index (χ4v) is 2.29. The van der Waals surface area contributed by atoms with Gasteiger partial charge in [-0.2, -0.15) is 0 Å². The first-order valence-corrected chi connectivity index (χ1v) is 7.29. The molecule has 0 saturated carbocycles. The van der Waals surface area contributed by atoms with E-state index < -0.39 is 23.2 Å². The van der Waals surface area contributed by atoms with Crippen molar-refractivity contribution >= 4 is 29.2 Å². The average Bonchev–Trinajstić information content (AvgIpc) is 2.39. The Hall–Kier alpha value is -1.82. The molecule has 0 radical (unpaired) electrons. The van der Waals surface area contributed by atoms with E-state index in [0.717, 1.165) is 11.0 Å². The quantitative estimate of drug-likeness (QED) is 0.925. The van der Waals surface area contributed by atoms with Crippen LogP contribution in [0.1, 0.15) is 27.7 Å². The third-order valence-corrected chi connectivity index (χ3v) is 3.57. The van der Waals surface area contributed by atoms with Gasteiger partial charge in [-0.3, -0.25) is 4.79 Å². The van der Waals surface area contributed by atoms with Crippen LogP contribution >= 0.6 is 11.6 Å². The van der Waals surface area contributed by atoms with Crippen molar-refractivity contribution < 1.29 is 18.7 Å². The summed E-state index contributed by atoms with van der Waals surface area (Å²) in [5.74, 6) is -1.02. The molecule has 5 nitrogen and oxygen atoms in total. The van der Waals surface area contributed by atoms with Crippen LogP contribution in [0.5, 0.6) is 5.75 Å². The first kappa shape index (κ1) is 16.5. The van der Waals surface area contributed by atoms with Crippen LogP contribution in [-0.2, 0) is 4.79 Å². The highest BCUT2D eigenvalue weighted by atomic mass is 35.5. The predicted molar refractivity (Wildman–Crippen MR) is 81.8 cm³/mol. The first-order chi connectivity index (χ1) is 10.1. The monoisotopic (exact) mass is 328 g/mol. The molecule has 0 bridgehead atoms. The number of nitrogens with zero attached hydrogens (tertiary/aromatic N) is 1. The number of carbonyl (C=O) groups is 2. The Kier molecular flexibility index (Phi) is 4.33. The Bertz CT molecular complexity index is 631. The van der Waals surface area contributed by atoms with Gasteiger partial charge in [-0.15, -0.1) is 0 Å². The Morgan fingerprint density at radius 1 is 1.36 bits per heavy atom. The number of imide groups is 1. The minimum Gasteiger partial charge on any atom is -0.489 e. The number of benzene rings is 1. The van der Waals surface area contributed by atoms with Gasteiger partial charge in [0, 0.05) is 12.6 Å². The molecule has 1 heterocycles. The summed E-state index contributed by atoms with van der Waals surface area (Å²) in [7, 11) is 0. The zero-order chi connectivity index (χ0) is 16.7. The lowest BCUT2D eigenvalue weighted by atomic mass is 9.89. The average molecular weight is 329 g/mol. The number of rotatable bonds is 3. The molecule has 2 rings (SSSR count). The molecule has 1 saturated heterocycles. The number of urea groups is 1. The minimum absolute atomic E-state index is 0.0825. The maximum absolute atomic E-state index is 14.2. The summed E-state index contributed by atoms with van der Waals surface area (Å²) < 4.78 is 19.7. The molecule has 1 aliphatic heterocycles. The molecule has 1 aliphatic rings. The summed E-state index contributed by atoms with van der Waals surface area (Å²) in [4.78, 5) is 25.3. The van der Waals surface area contributed by atoms with Gasteiger partial charge in [-0.1, -0.05) is 11.6 Å². The van der Waals surface area contributed by atoms with Gasteiger partial charge in [-0.05, 0) is 33.8 Å². The summed E-state index contributed by atoms with van der Waals surface area (Å²) in [5, 5.41) is 2.66. The highest BCUT2D eigenvalue weighted by Gasteiger charge is 2.42. The Labute approximate surface area is 133 Å². The van der Waals surface area contributed by atoms with Gasteiger partial charge in [0.2, 0.25) is 5.91 Å². The van der Waals surface area contributed by atoms with E-state index in [1.165, 1.54) is 6.07 Å². The number of nitrogens with one attached hydrogen (secondary N) is 1. The molecule has 7 heteroatoms. The van der Waals surface area contributed by atoms with Crippen LogP contribution in [0.25, 0.3) is 0 Å². The molecule has 0 spiro atoms. The number of anilines is 1. The second kappa shape index (κ2) is 5.76. The molecule has 0 atom stereocenters. The number of hydrogen-bond acceptors (Lipinski definition) is 3. The Morgan fingerprint density at radius 3 is 2.59 bits per heavy atom. The zero-order valence-electron chi connectivity index (χ0n) is 12.9. The second-order valence-corrected chi connectivity index (χ2v) is 6.49. The van der Waals surface area contributed by atoms with E-state index in [1.54, 1.807) is 27.7 Å². The molecular formula is C15H18ClFN2O3. The van der Waals surface area contributed by atoms with Crippen LogP contribution in [0, 0.1) is 11.2 Å². The predicted octanol–water partition coefficient (Wildman–Crippen LogP) is 3.35. The largest absolute Gasteiger partial charge is 0.489 e. The highest BCUT2D eigenvalue weighted by molar-refractivity contribution is 6.32. The van der Waals surface area contributed by atoms with E-state index >= 15 is 0 Å². The van der Waals surface area contributed by atoms with Crippen LogP contribution in [0.15, 0.2) is 12.1 Å². The van der Waals surface area contributed by atoms with Crippen LogP contribution in [-0.4, -0.2) is 24.6 Å². The van der Waals surface area contributed by atoms with E-state index in [4.69, 9.17) is 16.3 Å². The van der Waals surface area contributed by atoms with Crippen molar-refractivity contribution in [2.75, 3.05) is 11.4 Å². The van der Waals surface area contributed by atoms with Gasteiger partial charge in [0.05, 0.1) is 22.2 Å². The highest BCUT2D eigenvalue weighted by Crippen LogP contribution is 2.35. The minimum atomic E-state index is -0.820. The van der Waals surface area contributed by atoms with Crippen molar-refractivity contribution in [1.82, 2.24) is 5.32 Å². The molecule has 0 aliphatic carbocycles. The summed E-state index contributed by atoms with van der Waals surface area (Å²) in [6.07, 6.45) is -0.182. The SMILES string of the molecule is CC(C)Oc1cc(N2C(=O)NCC(C)(C)C2=O)c(F)cc1Cl. The van der Waals surface area contributed by atoms with Crippen LogP contribution in [0.4, 0.5) is 14.9 Å². The van der Waals surface area contributed by atoms with Crippen LogP contribution < -0.4 is 15.0 Å². The molecule has 1 aromatic carbocycles. The molecule has 22 heavy (non-hydrogen) atoms. The Morgan fingerprint density at radius 2 is 2.00 bits per heavy atom. The Balaban J connectivity index is 2.50. The van der Waals surface area contributed by atoms with Gasteiger partial charge in [0.1, 0.15) is 11.6 Å². The maximum Gasteiger partial charge on any atom is 0.328 e. The summed E-state index contributed by atoms with van der Waals surface area (Å²) in [6, 6.07) is 1.65. The molecule has 1 aromatic rings. The van der Waals surface area contributed by atoms with Gasteiger partial charge < -0.3 is 10.1 Å². The van der Waals surface area contributed by atoms with E-state index in [0.29, 0.717) is 0 Å². The lowest BCUT2D eigenvalue weighted by Crippen LogP contribution is -2.59. The van der Waals surface area contributed by atoms with Crippen LogP contribution in [0.2, 0.25) is 5.02 Å². The lowest BCUT2D eigenvalue weighted by Gasteiger charge is -2.36. The standard InChI is InChI=1S/C15H18ClFN2O3/c1-8(2)22-12-6-11(10(17)5-9(12)16)19-13(20)15(3,4)7-18-14(19)21/h5-6,8H,7H2,1-4H3,(H,18,21). The van der Waals surface area contributed by atoms with E-state index in [9.17, 15) is 14.0 Å². The first-order valence-electron chi connectivity index (χ1n) is 6.91. The topological polar surface area (TPSA) is 58.6 Å². The number of amides is 3. The lowest BCUT2D eigenvalue weighted by molar-refractivity contribution is -0.126. The fraction of sp³-hybridized carbons (Fsp3) is 0.467. The van der Waals surface area contributed by atoms with E-state index in [-0.39, 0.29) is 29.1 Å². The van der Waals surface area contributed by atoms with Crippen molar-refractivity contribution in [3.63, 3.8) is 0 Å². The molecular weight excluding hydrogens is 311 g/mol. The second-order valence-electron chi connectivity index (χ2n) is 6.08. The molecule has 120 valence electrons. The molecule has 1 N–H and O–H groups in total. The smallest absolute Gasteiger partial charge is 0.328 e. The fourth-order valence-electron chi connectivity index (χ4n) is 2.10. The van der Waals surface area contributed by atoms with Crippen molar-refractivity contribution in [2.24, 2.45) is 5.41 Å².